The molecule has 0 spiro atoms. The molecule has 8 nitrogen and oxygen atoms in total. The molecule has 3 aromatic rings. The second-order valence-corrected chi connectivity index (χ2v) is 10.1. The van der Waals surface area contributed by atoms with Gasteiger partial charge in [-0.15, -0.1) is 0 Å². The van der Waals surface area contributed by atoms with E-state index in [4.69, 9.17) is 0 Å². The zero-order valence-corrected chi connectivity index (χ0v) is 20.2. The lowest BCUT2D eigenvalue weighted by Crippen LogP contribution is -2.63. The van der Waals surface area contributed by atoms with Crippen LogP contribution in [-0.4, -0.2) is 51.8 Å². The summed E-state index contributed by atoms with van der Waals surface area (Å²) in [4.78, 5) is 29.7. The van der Waals surface area contributed by atoms with Crippen molar-refractivity contribution < 1.29 is 14.0 Å². The Morgan fingerprint density at radius 2 is 1.94 bits per heavy atom. The zero-order chi connectivity index (χ0) is 24.5. The predicted molar refractivity (Wildman–Crippen MR) is 129 cm³/mol. The fraction of sp³-hybridized carbons (Fsp3) is 0.480. The molecule has 3 heterocycles. The summed E-state index contributed by atoms with van der Waals surface area (Å²) in [7, 11) is 1.74. The lowest BCUT2D eigenvalue weighted by Gasteiger charge is -2.37. The van der Waals surface area contributed by atoms with Gasteiger partial charge in [0.2, 0.25) is 5.91 Å². The van der Waals surface area contributed by atoms with Gasteiger partial charge >= 0.3 is 0 Å². The summed E-state index contributed by atoms with van der Waals surface area (Å²) in [6.07, 6.45) is 3.38. The van der Waals surface area contributed by atoms with Crippen LogP contribution in [0.15, 0.2) is 30.5 Å². The molecular formula is C25H33FN6O2. The molecule has 182 valence electrons. The van der Waals surface area contributed by atoms with Crippen LogP contribution in [0.2, 0.25) is 0 Å². The second kappa shape index (κ2) is 9.21. The van der Waals surface area contributed by atoms with Crippen LogP contribution in [0.3, 0.4) is 0 Å². The number of nitrogens with one attached hydrogen (secondary N) is 4. The Balaban J connectivity index is 1.46. The molecule has 0 aliphatic carbocycles. The normalized spacial score (nSPS) is 15.9. The van der Waals surface area contributed by atoms with Crippen molar-refractivity contribution in [2.45, 2.75) is 51.0 Å². The first-order chi connectivity index (χ1) is 16.1. The smallest absolute Gasteiger partial charge is 0.270 e. The topological polar surface area (TPSA) is 104 Å². The fourth-order valence-corrected chi connectivity index (χ4v) is 4.43. The molecule has 0 radical (unpaired) electrons. The van der Waals surface area contributed by atoms with Crippen LogP contribution in [0.4, 0.5) is 4.39 Å². The van der Waals surface area contributed by atoms with Gasteiger partial charge in [0.25, 0.3) is 5.91 Å². The zero-order valence-electron chi connectivity index (χ0n) is 20.2. The summed E-state index contributed by atoms with van der Waals surface area (Å²) in [6, 6.07) is 6.41. The summed E-state index contributed by atoms with van der Waals surface area (Å²) in [5, 5.41) is 14.6. The quantitative estimate of drug-likeness (QED) is 0.446. The molecule has 1 saturated heterocycles. The van der Waals surface area contributed by atoms with Crippen LogP contribution in [-0.2, 0) is 23.7 Å². The van der Waals surface area contributed by atoms with Crippen molar-refractivity contribution in [3.8, 4) is 0 Å². The van der Waals surface area contributed by atoms with E-state index in [1.807, 2.05) is 27.0 Å². The summed E-state index contributed by atoms with van der Waals surface area (Å²) in [6.45, 7) is 7.78. The third-order valence-electron chi connectivity index (χ3n) is 6.53. The molecule has 4 N–H and O–H groups in total. The number of fused-ring (bicyclic) bond motifs is 1. The largest absolute Gasteiger partial charge is 0.361 e. The van der Waals surface area contributed by atoms with Crippen molar-refractivity contribution in [3.63, 3.8) is 0 Å². The first kappa shape index (κ1) is 23.9. The average Bonchev–Trinajstić information content (AvgIpc) is 3.37. The standard InChI is InChI=1S/C25H33FN6O2/c1-24(2,3)21-14-20(32(4)31-21)22(33)30-25(8-11-27-12-9-25)23(34)28-10-7-16-15-29-19-6-5-17(26)13-18(16)19/h5-6,13-15,27,29H,7-12H2,1-4H3,(H,28,34)(H,30,33). The lowest BCUT2D eigenvalue weighted by molar-refractivity contribution is -0.128. The minimum Gasteiger partial charge on any atom is -0.361 e. The number of hydrogen-bond acceptors (Lipinski definition) is 4. The van der Waals surface area contributed by atoms with Gasteiger partial charge in [-0.1, -0.05) is 20.8 Å². The van der Waals surface area contributed by atoms with E-state index in [0.29, 0.717) is 44.6 Å². The molecule has 2 amide bonds. The van der Waals surface area contributed by atoms with E-state index >= 15 is 0 Å². The highest BCUT2D eigenvalue weighted by molar-refractivity contribution is 5.98. The molecule has 1 aliphatic rings. The van der Waals surface area contributed by atoms with Crippen LogP contribution < -0.4 is 16.0 Å². The van der Waals surface area contributed by atoms with Crippen LogP contribution in [0.5, 0.6) is 0 Å². The van der Waals surface area contributed by atoms with Gasteiger partial charge in [0.15, 0.2) is 0 Å². The fourth-order valence-electron chi connectivity index (χ4n) is 4.43. The molecule has 1 aliphatic heterocycles. The van der Waals surface area contributed by atoms with Crippen molar-refractivity contribution in [1.82, 2.24) is 30.7 Å². The highest BCUT2D eigenvalue weighted by atomic mass is 19.1. The number of aromatic nitrogens is 3. The molecular weight excluding hydrogens is 435 g/mol. The molecule has 2 aromatic heterocycles. The lowest BCUT2D eigenvalue weighted by atomic mass is 9.86. The average molecular weight is 469 g/mol. The van der Waals surface area contributed by atoms with Crippen molar-refractivity contribution in [1.29, 1.82) is 0 Å². The maximum atomic E-state index is 13.7. The molecule has 9 heteroatoms. The third kappa shape index (κ3) is 4.84. The van der Waals surface area contributed by atoms with E-state index in [0.717, 1.165) is 22.2 Å². The number of aryl methyl sites for hydroxylation is 1. The number of halogens is 1. The van der Waals surface area contributed by atoms with Crippen LogP contribution in [0, 0.1) is 5.82 Å². The van der Waals surface area contributed by atoms with Gasteiger partial charge in [-0.3, -0.25) is 14.3 Å². The SMILES string of the molecule is Cn1nc(C(C)(C)C)cc1C(=O)NC1(C(=O)NCCc2c[nH]c3ccc(F)cc23)CCNCC1. The van der Waals surface area contributed by atoms with Crippen molar-refractivity contribution in [3.05, 3.63) is 53.2 Å². The molecule has 0 atom stereocenters. The van der Waals surface area contributed by atoms with E-state index in [-0.39, 0.29) is 23.0 Å². The Kier molecular flexibility index (Phi) is 6.49. The van der Waals surface area contributed by atoms with Crippen LogP contribution >= 0.6 is 0 Å². The summed E-state index contributed by atoms with van der Waals surface area (Å²) >= 11 is 0. The van der Waals surface area contributed by atoms with Gasteiger partial charge in [0.1, 0.15) is 17.1 Å². The minimum atomic E-state index is -0.999. The minimum absolute atomic E-state index is 0.189. The van der Waals surface area contributed by atoms with E-state index in [1.54, 1.807) is 23.9 Å². The van der Waals surface area contributed by atoms with Gasteiger partial charge in [0.05, 0.1) is 5.69 Å². The monoisotopic (exact) mass is 468 g/mol. The number of hydrogen-bond donors (Lipinski definition) is 4. The first-order valence-corrected chi connectivity index (χ1v) is 11.7. The Morgan fingerprint density at radius 1 is 1.21 bits per heavy atom. The number of amides is 2. The van der Waals surface area contributed by atoms with Crippen molar-refractivity contribution in [2.24, 2.45) is 7.05 Å². The van der Waals surface area contributed by atoms with Gasteiger partial charge < -0.3 is 20.9 Å². The van der Waals surface area contributed by atoms with E-state index in [1.165, 1.54) is 12.1 Å². The molecule has 0 saturated carbocycles. The molecule has 0 bridgehead atoms. The van der Waals surface area contributed by atoms with Gasteiger partial charge in [-0.25, -0.2) is 4.39 Å². The number of aromatic amines is 1. The summed E-state index contributed by atoms with van der Waals surface area (Å²) in [5.74, 6) is -0.806. The van der Waals surface area contributed by atoms with Gasteiger partial charge in [-0.2, -0.15) is 5.10 Å². The van der Waals surface area contributed by atoms with E-state index < -0.39 is 5.54 Å². The van der Waals surface area contributed by atoms with Gasteiger partial charge in [0, 0.05) is 36.1 Å². The van der Waals surface area contributed by atoms with Crippen LogP contribution in [0.1, 0.15) is 55.4 Å². The second-order valence-electron chi connectivity index (χ2n) is 10.1. The predicted octanol–water partition coefficient (Wildman–Crippen LogP) is 2.55. The molecule has 34 heavy (non-hydrogen) atoms. The maximum absolute atomic E-state index is 13.7. The number of rotatable bonds is 6. The number of benzene rings is 1. The van der Waals surface area contributed by atoms with Gasteiger partial charge in [-0.05, 0) is 62.2 Å². The highest BCUT2D eigenvalue weighted by Crippen LogP contribution is 2.24. The summed E-state index contributed by atoms with van der Waals surface area (Å²) in [5.41, 5.74) is 1.85. The molecule has 0 unspecified atom stereocenters. The Bertz CT molecular complexity index is 1200. The van der Waals surface area contributed by atoms with E-state index in [2.05, 4.69) is 26.0 Å². The van der Waals surface area contributed by atoms with Crippen molar-refractivity contribution >= 4 is 22.7 Å². The number of piperidine rings is 1. The maximum Gasteiger partial charge on any atom is 0.270 e. The molecule has 1 aromatic carbocycles. The summed E-state index contributed by atoms with van der Waals surface area (Å²) < 4.78 is 15.2. The van der Waals surface area contributed by atoms with Crippen molar-refractivity contribution in [2.75, 3.05) is 19.6 Å². The Labute approximate surface area is 198 Å². The van der Waals surface area contributed by atoms with Crippen LogP contribution in [0.25, 0.3) is 10.9 Å². The van der Waals surface area contributed by atoms with E-state index in [9.17, 15) is 14.0 Å². The number of carbonyl (C=O) groups is 2. The third-order valence-corrected chi connectivity index (χ3v) is 6.53. The molecule has 1 fully saturated rings. The molecule has 4 rings (SSSR count). The number of nitrogens with zero attached hydrogens (tertiary/aromatic N) is 2. The Hall–Kier alpha value is -3.20. The number of H-pyrrole nitrogens is 1. The first-order valence-electron chi connectivity index (χ1n) is 11.7. The Morgan fingerprint density at radius 3 is 2.62 bits per heavy atom. The number of carbonyl (C=O) groups excluding carboxylic acids is 2. The highest BCUT2D eigenvalue weighted by Gasteiger charge is 2.41.